The minimum absolute atomic E-state index is 0.0721. The topological polar surface area (TPSA) is 52.9 Å². The minimum Gasteiger partial charge on any atom is -0.330 e. The van der Waals surface area contributed by atoms with E-state index in [1.807, 2.05) is 26.2 Å². The standard InChI is InChI=1S/C12H23N3O/c1-10(2)15-8-7-14(11(15)16)6-5-12(3,4)9-13/h7-8,10H,5-6,9,13H2,1-4H3. The van der Waals surface area contributed by atoms with Gasteiger partial charge in [0.2, 0.25) is 0 Å². The largest absolute Gasteiger partial charge is 0.330 e. The Kier molecular flexibility index (Phi) is 3.97. The molecule has 4 nitrogen and oxygen atoms in total. The molecule has 1 aromatic heterocycles. The molecule has 0 aliphatic heterocycles. The molecular formula is C12H23N3O. The minimum atomic E-state index is 0.0721. The van der Waals surface area contributed by atoms with Crippen LogP contribution in [-0.4, -0.2) is 15.7 Å². The maximum Gasteiger partial charge on any atom is 0.328 e. The first-order valence-corrected chi connectivity index (χ1v) is 5.85. The molecule has 0 spiro atoms. The molecule has 0 radical (unpaired) electrons. The molecule has 1 aromatic rings. The van der Waals surface area contributed by atoms with Gasteiger partial charge >= 0.3 is 5.69 Å². The zero-order valence-corrected chi connectivity index (χ0v) is 10.7. The number of aromatic nitrogens is 2. The quantitative estimate of drug-likeness (QED) is 0.827. The molecule has 0 unspecified atom stereocenters. The molecule has 4 heteroatoms. The lowest BCUT2D eigenvalue weighted by Crippen LogP contribution is -2.29. The van der Waals surface area contributed by atoms with Crippen molar-refractivity contribution in [3.8, 4) is 0 Å². The summed E-state index contributed by atoms with van der Waals surface area (Å²) in [5.74, 6) is 0. The fourth-order valence-electron chi connectivity index (χ4n) is 1.52. The van der Waals surface area contributed by atoms with Gasteiger partial charge < -0.3 is 5.73 Å². The van der Waals surface area contributed by atoms with Gasteiger partial charge in [0, 0.05) is 25.0 Å². The lowest BCUT2D eigenvalue weighted by atomic mass is 9.90. The molecule has 0 aliphatic carbocycles. The normalized spacial score (nSPS) is 12.4. The predicted octanol–water partition coefficient (Wildman–Crippen LogP) is 1.61. The molecule has 0 bridgehead atoms. The number of nitrogens with zero attached hydrogens (tertiary/aromatic N) is 2. The second-order valence-electron chi connectivity index (χ2n) is 5.39. The summed E-state index contributed by atoms with van der Waals surface area (Å²) in [6.45, 7) is 9.65. The number of aryl methyl sites for hydroxylation is 1. The SMILES string of the molecule is CC(C)n1ccn(CCC(C)(C)CN)c1=O. The van der Waals surface area contributed by atoms with Crippen molar-refractivity contribution in [2.24, 2.45) is 11.1 Å². The highest BCUT2D eigenvalue weighted by molar-refractivity contribution is 4.84. The second kappa shape index (κ2) is 4.87. The Hall–Kier alpha value is -1.03. The Balaban J connectivity index is 2.73. The molecule has 0 amide bonds. The van der Waals surface area contributed by atoms with Gasteiger partial charge in [0.1, 0.15) is 0 Å². The van der Waals surface area contributed by atoms with Crippen LogP contribution in [0.1, 0.15) is 40.2 Å². The number of rotatable bonds is 5. The van der Waals surface area contributed by atoms with E-state index in [4.69, 9.17) is 5.73 Å². The van der Waals surface area contributed by atoms with E-state index in [0.29, 0.717) is 6.54 Å². The molecule has 1 heterocycles. The van der Waals surface area contributed by atoms with Crippen molar-refractivity contribution in [2.45, 2.75) is 46.7 Å². The second-order valence-corrected chi connectivity index (χ2v) is 5.39. The van der Waals surface area contributed by atoms with Gasteiger partial charge in [-0.15, -0.1) is 0 Å². The van der Waals surface area contributed by atoms with Crippen molar-refractivity contribution in [1.29, 1.82) is 0 Å². The van der Waals surface area contributed by atoms with E-state index in [2.05, 4.69) is 13.8 Å². The lowest BCUT2D eigenvalue weighted by Gasteiger charge is -2.21. The van der Waals surface area contributed by atoms with Gasteiger partial charge in [-0.3, -0.25) is 9.13 Å². The van der Waals surface area contributed by atoms with Crippen molar-refractivity contribution in [2.75, 3.05) is 6.54 Å². The molecule has 1 rings (SSSR count). The summed E-state index contributed by atoms with van der Waals surface area (Å²) in [6.07, 6.45) is 4.63. The van der Waals surface area contributed by atoms with Crippen molar-refractivity contribution in [3.05, 3.63) is 22.9 Å². The summed E-state index contributed by atoms with van der Waals surface area (Å²) in [5, 5.41) is 0. The first-order chi connectivity index (χ1) is 7.37. The third-order valence-corrected chi connectivity index (χ3v) is 3.01. The van der Waals surface area contributed by atoms with Crippen LogP contribution in [0.25, 0.3) is 0 Å². The van der Waals surface area contributed by atoms with E-state index in [1.165, 1.54) is 0 Å². The highest BCUT2D eigenvalue weighted by Crippen LogP contribution is 2.18. The van der Waals surface area contributed by atoms with Crippen LogP contribution in [0.4, 0.5) is 0 Å². The van der Waals surface area contributed by atoms with Crippen LogP contribution in [-0.2, 0) is 6.54 Å². The molecular weight excluding hydrogens is 202 g/mol. The molecule has 0 atom stereocenters. The van der Waals surface area contributed by atoms with Crippen molar-refractivity contribution in [1.82, 2.24) is 9.13 Å². The van der Waals surface area contributed by atoms with E-state index in [9.17, 15) is 4.79 Å². The van der Waals surface area contributed by atoms with Crippen molar-refractivity contribution < 1.29 is 0 Å². The molecule has 0 fully saturated rings. The molecule has 92 valence electrons. The van der Waals surface area contributed by atoms with Gasteiger partial charge in [-0.25, -0.2) is 4.79 Å². The molecule has 0 saturated carbocycles. The van der Waals surface area contributed by atoms with E-state index in [1.54, 1.807) is 9.13 Å². The lowest BCUT2D eigenvalue weighted by molar-refractivity contribution is 0.321. The Morgan fingerprint density at radius 1 is 1.38 bits per heavy atom. The first-order valence-electron chi connectivity index (χ1n) is 5.85. The maximum atomic E-state index is 11.9. The van der Waals surface area contributed by atoms with Crippen LogP contribution in [0, 0.1) is 5.41 Å². The van der Waals surface area contributed by atoms with Gasteiger partial charge in [0.15, 0.2) is 0 Å². The predicted molar refractivity (Wildman–Crippen MR) is 66.5 cm³/mol. The third kappa shape index (κ3) is 2.98. The fraction of sp³-hybridized carbons (Fsp3) is 0.750. The Bertz CT molecular complexity index is 387. The maximum absolute atomic E-state index is 11.9. The smallest absolute Gasteiger partial charge is 0.328 e. The molecule has 0 aromatic carbocycles. The number of imidazole rings is 1. The highest BCUT2D eigenvalue weighted by Gasteiger charge is 2.16. The molecule has 2 N–H and O–H groups in total. The summed E-state index contributed by atoms with van der Waals surface area (Å²) in [7, 11) is 0. The zero-order chi connectivity index (χ0) is 12.3. The van der Waals surface area contributed by atoms with Crippen molar-refractivity contribution in [3.63, 3.8) is 0 Å². The average Bonchev–Trinajstić information content (AvgIpc) is 2.57. The zero-order valence-electron chi connectivity index (χ0n) is 10.7. The van der Waals surface area contributed by atoms with E-state index in [-0.39, 0.29) is 17.1 Å². The summed E-state index contributed by atoms with van der Waals surface area (Å²) in [4.78, 5) is 11.9. The summed E-state index contributed by atoms with van der Waals surface area (Å²) in [6, 6.07) is 0.219. The third-order valence-electron chi connectivity index (χ3n) is 3.01. The van der Waals surface area contributed by atoms with Gasteiger partial charge in [-0.2, -0.15) is 0 Å². The van der Waals surface area contributed by atoms with Crippen molar-refractivity contribution >= 4 is 0 Å². The van der Waals surface area contributed by atoms with Crippen LogP contribution < -0.4 is 11.4 Å². The van der Waals surface area contributed by atoms with E-state index < -0.39 is 0 Å². The van der Waals surface area contributed by atoms with Crippen LogP contribution in [0.2, 0.25) is 0 Å². The van der Waals surface area contributed by atoms with Gasteiger partial charge in [-0.05, 0) is 32.2 Å². The van der Waals surface area contributed by atoms with E-state index >= 15 is 0 Å². The van der Waals surface area contributed by atoms with Crippen LogP contribution in [0.3, 0.4) is 0 Å². The summed E-state index contributed by atoms with van der Waals surface area (Å²) in [5.41, 5.74) is 5.84. The van der Waals surface area contributed by atoms with Gasteiger partial charge in [-0.1, -0.05) is 13.8 Å². The Morgan fingerprint density at radius 2 is 2.00 bits per heavy atom. The number of nitrogens with two attached hydrogens (primary N) is 1. The molecule has 0 aliphatic rings. The number of hydrogen-bond donors (Lipinski definition) is 1. The van der Waals surface area contributed by atoms with Crippen LogP contribution in [0.5, 0.6) is 0 Å². The monoisotopic (exact) mass is 225 g/mol. The summed E-state index contributed by atoms with van der Waals surface area (Å²) < 4.78 is 3.51. The highest BCUT2D eigenvalue weighted by atomic mass is 16.1. The van der Waals surface area contributed by atoms with Gasteiger partial charge in [0.05, 0.1) is 0 Å². The van der Waals surface area contributed by atoms with Gasteiger partial charge in [0.25, 0.3) is 0 Å². The van der Waals surface area contributed by atoms with Crippen LogP contribution >= 0.6 is 0 Å². The summed E-state index contributed by atoms with van der Waals surface area (Å²) >= 11 is 0. The molecule has 16 heavy (non-hydrogen) atoms. The number of hydrogen-bond acceptors (Lipinski definition) is 2. The first kappa shape index (κ1) is 13.0. The van der Waals surface area contributed by atoms with E-state index in [0.717, 1.165) is 13.0 Å². The average molecular weight is 225 g/mol. The Morgan fingerprint density at radius 3 is 2.44 bits per heavy atom. The molecule has 0 saturated heterocycles. The van der Waals surface area contributed by atoms with Crippen LogP contribution in [0.15, 0.2) is 17.2 Å². The fourth-order valence-corrected chi connectivity index (χ4v) is 1.52. The Labute approximate surface area is 97.1 Å².